The van der Waals surface area contributed by atoms with Gasteiger partial charge < -0.3 is 14.4 Å². The highest BCUT2D eigenvalue weighted by Gasteiger charge is 2.32. The molecule has 1 aromatic carbocycles. The van der Waals surface area contributed by atoms with E-state index in [0.29, 0.717) is 18.8 Å². The molecule has 1 amide bonds. The molecule has 1 saturated heterocycles. The number of benzene rings is 1. The summed E-state index contributed by atoms with van der Waals surface area (Å²) < 4.78 is 37.9. The van der Waals surface area contributed by atoms with Crippen molar-refractivity contribution in [2.45, 2.75) is 4.90 Å². The van der Waals surface area contributed by atoms with E-state index in [1.807, 2.05) is 16.8 Å². The monoisotopic (exact) mass is 422 g/mol. The van der Waals surface area contributed by atoms with Gasteiger partial charge in [-0.25, -0.2) is 8.42 Å². The van der Waals surface area contributed by atoms with Crippen molar-refractivity contribution in [3.63, 3.8) is 0 Å². The van der Waals surface area contributed by atoms with Gasteiger partial charge in [-0.2, -0.15) is 15.6 Å². The summed E-state index contributed by atoms with van der Waals surface area (Å²) in [5.74, 6) is 0.576. The summed E-state index contributed by atoms with van der Waals surface area (Å²) >= 11 is 1.56. The fourth-order valence-electron chi connectivity index (χ4n) is 2.92. The zero-order valence-corrected chi connectivity index (χ0v) is 17.3. The second kappa shape index (κ2) is 8.76. The lowest BCUT2D eigenvalue weighted by atomic mass is 10.3. The minimum Gasteiger partial charge on any atom is -0.497 e. The van der Waals surface area contributed by atoms with Crippen LogP contribution >= 0.6 is 11.3 Å². The van der Waals surface area contributed by atoms with Crippen molar-refractivity contribution in [3.05, 3.63) is 46.7 Å². The number of nitrogens with zero attached hydrogens (tertiary/aromatic N) is 2. The Bertz CT molecular complexity index is 947. The number of rotatable bonds is 6. The van der Waals surface area contributed by atoms with Gasteiger partial charge in [0.05, 0.1) is 14.2 Å². The van der Waals surface area contributed by atoms with E-state index >= 15 is 0 Å². The number of hydrogen-bond acceptors (Lipinski definition) is 6. The second-order valence-electron chi connectivity index (χ2n) is 6.14. The second-order valence-corrected chi connectivity index (χ2v) is 8.82. The van der Waals surface area contributed by atoms with E-state index in [9.17, 15) is 13.2 Å². The Morgan fingerprint density at radius 3 is 2.46 bits per heavy atom. The maximum absolute atomic E-state index is 13.1. The van der Waals surface area contributed by atoms with Crippen LogP contribution in [0.5, 0.6) is 11.5 Å². The van der Waals surface area contributed by atoms with Crippen LogP contribution in [0, 0.1) is 0 Å². The number of sulfonamides is 1. The van der Waals surface area contributed by atoms with Gasteiger partial charge in [-0.1, -0.05) is 0 Å². The van der Waals surface area contributed by atoms with Gasteiger partial charge in [0, 0.05) is 38.3 Å². The van der Waals surface area contributed by atoms with Crippen LogP contribution < -0.4 is 9.47 Å². The van der Waals surface area contributed by atoms with Crippen molar-refractivity contribution >= 4 is 33.3 Å². The predicted octanol–water partition coefficient (Wildman–Crippen LogP) is 2.31. The van der Waals surface area contributed by atoms with Crippen LogP contribution in [0.2, 0.25) is 0 Å². The zero-order valence-electron chi connectivity index (χ0n) is 15.7. The van der Waals surface area contributed by atoms with Crippen LogP contribution in [-0.4, -0.2) is 63.9 Å². The largest absolute Gasteiger partial charge is 0.497 e. The molecule has 0 unspecified atom stereocenters. The normalized spacial score (nSPS) is 15.7. The fourth-order valence-corrected chi connectivity index (χ4v) is 5.14. The Balaban J connectivity index is 1.69. The molecule has 2 aromatic rings. The molecule has 1 aliphatic heterocycles. The summed E-state index contributed by atoms with van der Waals surface area (Å²) in [6, 6.07) is 6.60. The molecule has 1 fully saturated rings. The summed E-state index contributed by atoms with van der Waals surface area (Å²) in [7, 11) is -0.854. The first-order chi connectivity index (χ1) is 13.5. The van der Waals surface area contributed by atoms with Crippen LogP contribution in [0.25, 0.3) is 6.08 Å². The molecule has 0 aliphatic carbocycles. The third kappa shape index (κ3) is 4.37. The van der Waals surface area contributed by atoms with Gasteiger partial charge in [0.1, 0.15) is 16.4 Å². The molecule has 0 N–H and O–H groups in total. The molecule has 150 valence electrons. The van der Waals surface area contributed by atoms with E-state index in [4.69, 9.17) is 9.47 Å². The topological polar surface area (TPSA) is 76.2 Å². The molecular formula is C19H22N2O5S2. The van der Waals surface area contributed by atoms with Crippen molar-refractivity contribution in [2.24, 2.45) is 0 Å². The number of hydrogen-bond donors (Lipinski definition) is 0. The number of piperazine rings is 1. The molecule has 9 heteroatoms. The van der Waals surface area contributed by atoms with Crippen molar-refractivity contribution in [2.75, 3.05) is 40.4 Å². The molecule has 3 rings (SSSR count). The van der Waals surface area contributed by atoms with Crippen LogP contribution in [0.4, 0.5) is 0 Å². The van der Waals surface area contributed by atoms with E-state index in [1.54, 1.807) is 34.4 Å². The molecule has 1 aliphatic rings. The first-order valence-corrected chi connectivity index (χ1v) is 11.1. The van der Waals surface area contributed by atoms with Crippen LogP contribution in [0.1, 0.15) is 5.56 Å². The maximum atomic E-state index is 13.1. The lowest BCUT2D eigenvalue weighted by Gasteiger charge is -2.33. The van der Waals surface area contributed by atoms with Crippen molar-refractivity contribution in [3.8, 4) is 11.5 Å². The predicted molar refractivity (Wildman–Crippen MR) is 108 cm³/mol. The summed E-state index contributed by atoms with van der Waals surface area (Å²) in [4.78, 5) is 14.1. The zero-order chi connectivity index (χ0) is 20.1. The summed E-state index contributed by atoms with van der Waals surface area (Å²) in [5.41, 5.74) is 0.977. The average molecular weight is 423 g/mol. The Morgan fingerprint density at radius 2 is 1.86 bits per heavy atom. The Hall–Kier alpha value is -2.36. The van der Waals surface area contributed by atoms with Gasteiger partial charge >= 0.3 is 0 Å². The molecule has 28 heavy (non-hydrogen) atoms. The molecule has 0 radical (unpaired) electrons. The highest BCUT2D eigenvalue weighted by Crippen LogP contribution is 2.31. The number of amides is 1. The Kier molecular flexibility index (Phi) is 6.38. The van der Waals surface area contributed by atoms with E-state index in [0.717, 1.165) is 5.56 Å². The maximum Gasteiger partial charge on any atom is 0.247 e. The summed E-state index contributed by atoms with van der Waals surface area (Å²) in [6.45, 7) is 1.11. The third-order valence-corrected chi connectivity index (χ3v) is 7.12. The van der Waals surface area contributed by atoms with Crippen LogP contribution in [-0.2, 0) is 14.8 Å². The number of ether oxygens (including phenoxy) is 2. The van der Waals surface area contributed by atoms with Crippen molar-refractivity contribution in [1.82, 2.24) is 9.21 Å². The van der Waals surface area contributed by atoms with E-state index < -0.39 is 10.0 Å². The molecule has 0 bridgehead atoms. The highest BCUT2D eigenvalue weighted by atomic mass is 32.2. The van der Waals surface area contributed by atoms with Gasteiger partial charge in [0.2, 0.25) is 15.9 Å². The van der Waals surface area contributed by atoms with E-state index in [1.165, 1.54) is 30.7 Å². The average Bonchev–Trinajstić information content (AvgIpc) is 3.25. The molecule has 0 spiro atoms. The lowest BCUT2D eigenvalue weighted by Crippen LogP contribution is -2.50. The number of carbonyl (C=O) groups is 1. The van der Waals surface area contributed by atoms with Crippen LogP contribution in [0.15, 0.2) is 46.0 Å². The first kappa shape index (κ1) is 20.4. The molecule has 0 atom stereocenters. The van der Waals surface area contributed by atoms with Gasteiger partial charge in [0.15, 0.2) is 0 Å². The van der Waals surface area contributed by atoms with Gasteiger partial charge in [0.25, 0.3) is 0 Å². The smallest absolute Gasteiger partial charge is 0.247 e. The minimum absolute atomic E-state index is 0.0616. The quantitative estimate of drug-likeness (QED) is 0.668. The number of carbonyl (C=O) groups excluding carboxylic acids is 1. The number of thiophene rings is 1. The van der Waals surface area contributed by atoms with Crippen molar-refractivity contribution < 1.29 is 22.7 Å². The Morgan fingerprint density at radius 1 is 1.11 bits per heavy atom. The van der Waals surface area contributed by atoms with Gasteiger partial charge in [-0.3, -0.25) is 4.79 Å². The van der Waals surface area contributed by atoms with Gasteiger partial charge in [-0.15, -0.1) is 0 Å². The minimum atomic E-state index is -3.76. The van der Waals surface area contributed by atoms with Gasteiger partial charge in [-0.05, 0) is 40.6 Å². The van der Waals surface area contributed by atoms with Crippen LogP contribution in [0.3, 0.4) is 0 Å². The summed E-state index contributed by atoms with van der Waals surface area (Å²) in [5, 5.41) is 3.90. The SMILES string of the molecule is COc1ccc(OC)c(S(=O)(=O)N2CCN(C(=O)/C=C/c3ccsc3)CC2)c1. The lowest BCUT2D eigenvalue weighted by molar-refractivity contribution is -0.127. The summed E-state index contributed by atoms with van der Waals surface area (Å²) in [6.07, 6.45) is 3.29. The first-order valence-electron chi connectivity index (χ1n) is 8.67. The highest BCUT2D eigenvalue weighted by molar-refractivity contribution is 7.89. The molecule has 7 nitrogen and oxygen atoms in total. The van der Waals surface area contributed by atoms with E-state index in [2.05, 4.69) is 0 Å². The molecule has 2 heterocycles. The third-order valence-electron chi connectivity index (χ3n) is 4.50. The molecular weight excluding hydrogens is 400 g/mol. The Labute approximate surface area is 168 Å². The number of methoxy groups -OCH3 is 2. The standard InChI is InChI=1S/C19H22N2O5S2/c1-25-16-4-5-17(26-2)18(13-16)28(23,24)21-10-8-20(9-11-21)19(22)6-3-15-7-12-27-14-15/h3-7,12-14H,8-11H2,1-2H3/b6-3+. The molecule has 0 saturated carbocycles. The molecule has 1 aromatic heterocycles. The van der Waals surface area contributed by atoms with E-state index in [-0.39, 0.29) is 29.6 Å². The van der Waals surface area contributed by atoms with Crippen molar-refractivity contribution in [1.29, 1.82) is 0 Å². The fraction of sp³-hybridized carbons (Fsp3) is 0.316.